The number of hydrogen-bond donors (Lipinski definition) is 1. The van der Waals surface area contributed by atoms with Crippen LogP contribution in [0.15, 0.2) is 36.4 Å². The number of hydrogen-bond acceptors (Lipinski definition) is 3. The van der Waals surface area contributed by atoms with Crippen molar-refractivity contribution in [3.8, 4) is 6.07 Å². The van der Waals surface area contributed by atoms with Gasteiger partial charge in [0.25, 0.3) is 0 Å². The molecule has 4 heteroatoms. The first kappa shape index (κ1) is 13.4. The van der Waals surface area contributed by atoms with Crippen molar-refractivity contribution >= 4 is 22.4 Å². The molecule has 0 radical (unpaired) electrons. The number of benzene rings is 2. The van der Waals surface area contributed by atoms with Crippen LogP contribution in [0.25, 0.3) is 10.8 Å². The van der Waals surface area contributed by atoms with E-state index in [0.29, 0.717) is 11.5 Å². The molecular formula is C17H16N2O2. The molecule has 1 saturated carbocycles. The predicted octanol–water partition coefficient (Wildman–Crippen LogP) is 3.01. The highest BCUT2D eigenvalue weighted by Crippen LogP contribution is 2.34. The highest BCUT2D eigenvalue weighted by atomic mass is 16.4. The number of nitrogens with zero attached hydrogens (tertiary/aromatic N) is 2. The van der Waals surface area contributed by atoms with Crippen molar-refractivity contribution < 1.29 is 9.90 Å². The van der Waals surface area contributed by atoms with Gasteiger partial charge in [0.2, 0.25) is 0 Å². The zero-order chi connectivity index (χ0) is 14.8. The van der Waals surface area contributed by atoms with Crippen molar-refractivity contribution in [1.82, 2.24) is 0 Å². The SMILES string of the molecule is N#Cc1ccc(N(CC(=O)O)CC2CC2)c2ccccc12. The lowest BCUT2D eigenvalue weighted by Crippen LogP contribution is -2.31. The Kier molecular flexibility index (Phi) is 3.49. The lowest BCUT2D eigenvalue weighted by atomic mass is 10.0. The van der Waals surface area contributed by atoms with Gasteiger partial charge in [-0.2, -0.15) is 5.26 Å². The molecule has 2 aromatic carbocycles. The van der Waals surface area contributed by atoms with E-state index in [0.717, 1.165) is 23.0 Å². The summed E-state index contributed by atoms with van der Waals surface area (Å²) in [6.07, 6.45) is 2.34. The van der Waals surface area contributed by atoms with Gasteiger partial charge in [0.05, 0.1) is 11.6 Å². The lowest BCUT2D eigenvalue weighted by molar-refractivity contribution is -0.135. The number of fused-ring (bicyclic) bond motifs is 1. The summed E-state index contributed by atoms with van der Waals surface area (Å²) in [5, 5.41) is 20.2. The van der Waals surface area contributed by atoms with Crippen LogP contribution in [-0.2, 0) is 4.79 Å². The van der Waals surface area contributed by atoms with Gasteiger partial charge in [0.15, 0.2) is 0 Å². The maximum atomic E-state index is 11.2. The Bertz CT molecular complexity index is 729. The van der Waals surface area contributed by atoms with E-state index < -0.39 is 5.97 Å². The molecule has 1 N–H and O–H groups in total. The molecule has 0 saturated heterocycles. The smallest absolute Gasteiger partial charge is 0.323 e. The molecule has 0 atom stereocenters. The van der Waals surface area contributed by atoms with Gasteiger partial charge < -0.3 is 10.0 Å². The molecule has 0 heterocycles. The van der Waals surface area contributed by atoms with Crippen LogP contribution in [-0.4, -0.2) is 24.2 Å². The molecule has 4 nitrogen and oxygen atoms in total. The Morgan fingerprint density at radius 1 is 1.24 bits per heavy atom. The topological polar surface area (TPSA) is 64.3 Å². The fraction of sp³-hybridized carbons (Fsp3) is 0.294. The second-order valence-electron chi connectivity index (χ2n) is 5.51. The standard InChI is InChI=1S/C17H16N2O2/c18-9-13-7-8-16(15-4-2-1-3-14(13)15)19(11-17(20)21)10-12-5-6-12/h1-4,7-8,12H,5-6,10-11H2,(H,20,21). The number of carbonyl (C=O) groups is 1. The minimum absolute atomic E-state index is 0.00755. The number of carboxylic acid groups (broad SMARTS) is 1. The summed E-state index contributed by atoms with van der Waals surface area (Å²) in [6.45, 7) is 0.759. The Morgan fingerprint density at radius 3 is 2.57 bits per heavy atom. The minimum Gasteiger partial charge on any atom is -0.480 e. The van der Waals surface area contributed by atoms with Crippen LogP contribution in [0.1, 0.15) is 18.4 Å². The van der Waals surface area contributed by atoms with Gasteiger partial charge in [-0.05, 0) is 30.9 Å². The first-order valence-corrected chi connectivity index (χ1v) is 7.07. The summed E-state index contributed by atoms with van der Waals surface area (Å²) in [7, 11) is 0. The number of nitriles is 1. The molecule has 2 aromatic rings. The molecule has 1 fully saturated rings. The third-order valence-electron chi connectivity index (χ3n) is 3.86. The third-order valence-corrected chi connectivity index (χ3v) is 3.86. The molecule has 21 heavy (non-hydrogen) atoms. The van der Waals surface area contributed by atoms with Gasteiger partial charge in [-0.25, -0.2) is 0 Å². The number of aliphatic carboxylic acids is 1. The quantitative estimate of drug-likeness (QED) is 0.914. The van der Waals surface area contributed by atoms with E-state index >= 15 is 0 Å². The van der Waals surface area contributed by atoms with Crippen LogP contribution in [0, 0.1) is 17.2 Å². The Hall–Kier alpha value is -2.54. The number of anilines is 1. The molecule has 106 valence electrons. The van der Waals surface area contributed by atoms with Crippen LogP contribution in [0.2, 0.25) is 0 Å². The highest BCUT2D eigenvalue weighted by Gasteiger charge is 2.26. The van der Waals surface area contributed by atoms with Gasteiger partial charge >= 0.3 is 5.97 Å². The zero-order valence-electron chi connectivity index (χ0n) is 11.6. The van der Waals surface area contributed by atoms with E-state index in [-0.39, 0.29) is 6.54 Å². The second-order valence-corrected chi connectivity index (χ2v) is 5.51. The fourth-order valence-corrected chi connectivity index (χ4v) is 2.68. The van der Waals surface area contributed by atoms with Crippen LogP contribution in [0.3, 0.4) is 0 Å². The van der Waals surface area contributed by atoms with Crippen molar-refractivity contribution in [2.75, 3.05) is 18.0 Å². The third kappa shape index (κ3) is 2.82. The van der Waals surface area contributed by atoms with E-state index in [1.165, 1.54) is 12.8 Å². The van der Waals surface area contributed by atoms with Crippen LogP contribution >= 0.6 is 0 Å². The van der Waals surface area contributed by atoms with Crippen molar-refractivity contribution in [3.05, 3.63) is 42.0 Å². The largest absolute Gasteiger partial charge is 0.480 e. The molecule has 0 aliphatic heterocycles. The summed E-state index contributed by atoms with van der Waals surface area (Å²) in [6, 6.07) is 13.5. The van der Waals surface area contributed by atoms with Gasteiger partial charge in [-0.15, -0.1) is 0 Å². The number of carboxylic acids is 1. The van der Waals surface area contributed by atoms with Gasteiger partial charge in [-0.3, -0.25) is 4.79 Å². The summed E-state index contributed by atoms with van der Waals surface area (Å²) in [5.41, 5.74) is 1.52. The lowest BCUT2D eigenvalue weighted by Gasteiger charge is -2.24. The molecule has 3 rings (SSSR count). The minimum atomic E-state index is -0.830. The average molecular weight is 280 g/mol. The fourth-order valence-electron chi connectivity index (χ4n) is 2.68. The van der Waals surface area contributed by atoms with E-state index in [9.17, 15) is 10.1 Å². The van der Waals surface area contributed by atoms with Crippen LogP contribution in [0.4, 0.5) is 5.69 Å². The second kappa shape index (κ2) is 5.45. The van der Waals surface area contributed by atoms with Gasteiger partial charge in [-0.1, -0.05) is 24.3 Å². The summed E-state index contributed by atoms with van der Waals surface area (Å²) < 4.78 is 0. The molecule has 0 amide bonds. The molecule has 0 unspecified atom stereocenters. The first-order valence-electron chi connectivity index (χ1n) is 7.07. The first-order chi connectivity index (χ1) is 10.2. The summed E-state index contributed by atoms with van der Waals surface area (Å²) in [4.78, 5) is 13.1. The predicted molar refractivity (Wildman–Crippen MR) is 81.2 cm³/mol. The molecule has 0 bridgehead atoms. The Balaban J connectivity index is 2.08. The molecule has 1 aliphatic carbocycles. The maximum absolute atomic E-state index is 11.2. The number of rotatable bonds is 5. The molecule has 0 spiro atoms. The molecular weight excluding hydrogens is 264 g/mol. The van der Waals surface area contributed by atoms with Crippen molar-refractivity contribution in [2.24, 2.45) is 5.92 Å². The van der Waals surface area contributed by atoms with Crippen molar-refractivity contribution in [3.63, 3.8) is 0 Å². The highest BCUT2D eigenvalue weighted by molar-refractivity contribution is 5.98. The monoisotopic (exact) mass is 280 g/mol. The molecule has 1 aliphatic rings. The average Bonchev–Trinajstić information content (AvgIpc) is 3.29. The Morgan fingerprint density at radius 2 is 1.95 bits per heavy atom. The maximum Gasteiger partial charge on any atom is 0.323 e. The molecule has 0 aromatic heterocycles. The van der Waals surface area contributed by atoms with E-state index in [1.54, 1.807) is 6.07 Å². The zero-order valence-corrected chi connectivity index (χ0v) is 11.6. The van der Waals surface area contributed by atoms with E-state index in [4.69, 9.17) is 5.11 Å². The van der Waals surface area contributed by atoms with Crippen molar-refractivity contribution in [2.45, 2.75) is 12.8 Å². The van der Waals surface area contributed by atoms with Crippen LogP contribution < -0.4 is 4.90 Å². The summed E-state index contributed by atoms with van der Waals surface area (Å²) in [5.74, 6) is -0.233. The van der Waals surface area contributed by atoms with Gasteiger partial charge in [0, 0.05) is 23.0 Å². The van der Waals surface area contributed by atoms with Crippen molar-refractivity contribution in [1.29, 1.82) is 5.26 Å². The van der Waals surface area contributed by atoms with Gasteiger partial charge in [0.1, 0.15) is 6.54 Å². The van der Waals surface area contributed by atoms with E-state index in [2.05, 4.69) is 6.07 Å². The normalized spacial score (nSPS) is 13.9. The van der Waals surface area contributed by atoms with E-state index in [1.807, 2.05) is 35.2 Å². The summed E-state index contributed by atoms with van der Waals surface area (Å²) >= 11 is 0. The van der Waals surface area contributed by atoms with Crippen LogP contribution in [0.5, 0.6) is 0 Å². The Labute approximate surface area is 123 Å².